The lowest BCUT2D eigenvalue weighted by Gasteiger charge is -2.34. The quantitative estimate of drug-likeness (QED) is 0.194. The molecule has 0 saturated carbocycles. The van der Waals surface area contributed by atoms with E-state index in [9.17, 15) is 0 Å². The van der Waals surface area contributed by atoms with E-state index < -0.39 is 0 Å². The highest BCUT2D eigenvalue weighted by Gasteiger charge is 2.39. The van der Waals surface area contributed by atoms with Crippen LogP contribution in [0.3, 0.4) is 0 Å². The van der Waals surface area contributed by atoms with Crippen molar-refractivity contribution in [2.24, 2.45) is 0 Å². The van der Waals surface area contributed by atoms with E-state index in [4.69, 9.17) is 9.47 Å². The molecule has 8 aromatic rings. The smallest absolute Gasteiger partial charge is 0.155 e. The van der Waals surface area contributed by atoms with Gasteiger partial charge in [-0.15, -0.1) is 0 Å². The molecule has 0 bridgehead atoms. The first-order valence-corrected chi connectivity index (χ1v) is 16.9. The molecule has 0 N–H and O–H groups in total. The molecule has 0 unspecified atom stereocenters. The maximum absolute atomic E-state index is 6.82. The predicted molar refractivity (Wildman–Crippen MR) is 199 cm³/mol. The number of hydrogen-bond donors (Lipinski definition) is 0. The summed E-state index contributed by atoms with van der Waals surface area (Å²) in [6.45, 7) is 4.72. The van der Waals surface area contributed by atoms with Gasteiger partial charge < -0.3 is 14.4 Å². The topological polar surface area (TPSA) is 26.6 Å². The van der Waals surface area contributed by atoms with Gasteiger partial charge in [0.05, 0.1) is 28.1 Å². The number of hydrogen-bond acceptors (Lipinski definition) is 3. The van der Waals surface area contributed by atoms with Crippen molar-refractivity contribution >= 4 is 38.9 Å². The van der Waals surface area contributed by atoms with E-state index in [2.05, 4.69) is 151 Å². The zero-order valence-corrected chi connectivity index (χ0v) is 27.1. The summed E-state index contributed by atoms with van der Waals surface area (Å²) in [6, 6.07) is 52.1. The van der Waals surface area contributed by atoms with Crippen molar-refractivity contribution in [1.82, 2.24) is 4.57 Å². The molecule has 0 radical (unpaired) electrons. The number of rotatable bonds is 4. The lowest BCUT2D eigenvalue weighted by Crippen LogP contribution is -2.21. The van der Waals surface area contributed by atoms with Crippen molar-refractivity contribution in [3.05, 3.63) is 157 Å². The summed E-state index contributed by atoms with van der Waals surface area (Å²) in [6.07, 6.45) is 0. The first-order valence-electron chi connectivity index (χ1n) is 16.9. The lowest BCUT2D eigenvalue weighted by molar-refractivity contribution is 0.444. The molecular weight excluding hydrogens is 601 g/mol. The summed E-state index contributed by atoms with van der Waals surface area (Å²) in [4.78, 5) is 2.46. The molecule has 2 aliphatic heterocycles. The van der Waals surface area contributed by atoms with Gasteiger partial charge in [0.1, 0.15) is 5.69 Å². The van der Waals surface area contributed by atoms with Gasteiger partial charge in [-0.1, -0.05) is 117 Å². The first-order chi connectivity index (χ1) is 24.1. The van der Waals surface area contributed by atoms with Crippen LogP contribution in [0, 0.1) is 0 Å². The zero-order valence-electron chi connectivity index (χ0n) is 27.1. The fourth-order valence-corrected chi connectivity index (χ4v) is 8.69. The largest absolute Gasteiger partial charge is 0.453 e. The second-order valence-corrected chi connectivity index (χ2v) is 13.7. The molecule has 0 spiro atoms. The highest BCUT2D eigenvalue weighted by Crippen LogP contribution is 2.58. The molecule has 1 aliphatic carbocycles. The maximum Gasteiger partial charge on any atom is 0.155 e. The Bertz CT molecular complexity index is 2700. The average molecular weight is 631 g/mol. The summed E-state index contributed by atoms with van der Waals surface area (Å²) in [7, 11) is 0. The van der Waals surface area contributed by atoms with Crippen LogP contribution in [-0.4, -0.2) is 4.57 Å². The molecule has 4 nitrogen and oxygen atoms in total. The summed E-state index contributed by atoms with van der Waals surface area (Å²) < 4.78 is 15.6. The summed E-state index contributed by atoms with van der Waals surface area (Å²) in [5.74, 6) is 3.30. The minimum Gasteiger partial charge on any atom is -0.453 e. The second-order valence-electron chi connectivity index (χ2n) is 13.7. The SMILES string of the molecule is CC1(C)c2ccccc2-c2cccc(N(c3cc4c5c(c3)c3cccc6c3n5-c3c(cccc3O4)O6)c3ccccc3-c3ccccc3)c21. The number of ether oxygens (including phenoxy) is 2. The average Bonchev–Trinajstić information content (AvgIpc) is 3.60. The Morgan fingerprint density at radius 3 is 2.00 bits per heavy atom. The second kappa shape index (κ2) is 9.42. The van der Waals surface area contributed by atoms with Gasteiger partial charge in [0.2, 0.25) is 0 Å². The zero-order chi connectivity index (χ0) is 32.4. The number of para-hydroxylation sites is 3. The Labute approximate surface area is 284 Å². The van der Waals surface area contributed by atoms with Crippen LogP contribution >= 0.6 is 0 Å². The van der Waals surface area contributed by atoms with E-state index in [1.54, 1.807) is 0 Å². The molecule has 11 rings (SSSR count). The molecule has 1 aromatic heterocycles. The highest BCUT2D eigenvalue weighted by molar-refractivity contribution is 6.16. The minimum absolute atomic E-state index is 0.215. The van der Waals surface area contributed by atoms with Crippen LogP contribution in [0.2, 0.25) is 0 Å². The third kappa shape index (κ3) is 3.47. The molecule has 0 amide bonds. The number of anilines is 3. The van der Waals surface area contributed by atoms with E-state index in [1.165, 1.54) is 27.8 Å². The predicted octanol–water partition coefficient (Wildman–Crippen LogP) is 12.4. The number of benzene rings is 7. The van der Waals surface area contributed by atoms with Crippen LogP contribution in [-0.2, 0) is 5.41 Å². The minimum atomic E-state index is -0.215. The van der Waals surface area contributed by atoms with Gasteiger partial charge >= 0.3 is 0 Å². The van der Waals surface area contributed by atoms with Crippen LogP contribution < -0.4 is 14.4 Å². The molecule has 0 saturated heterocycles. The molecule has 49 heavy (non-hydrogen) atoms. The lowest BCUT2D eigenvalue weighted by atomic mass is 9.81. The van der Waals surface area contributed by atoms with Crippen molar-refractivity contribution < 1.29 is 9.47 Å². The molecule has 4 heteroatoms. The molecule has 0 atom stereocenters. The van der Waals surface area contributed by atoms with Gasteiger partial charge in [-0.2, -0.15) is 0 Å². The van der Waals surface area contributed by atoms with Crippen LogP contribution in [0.4, 0.5) is 17.1 Å². The van der Waals surface area contributed by atoms with Crippen molar-refractivity contribution in [3.8, 4) is 50.9 Å². The van der Waals surface area contributed by atoms with Crippen molar-refractivity contribution in [3.63, 3.8) is 0 Å². The molecule has 232 valence electrons. The van der Waals surface area contributed by atoms with Gasteiger partial charge in [0, 0.05) is 27.8 Å². The van der Waals surface area contributed by atoms with Gasteiger partial charge in [-0.05, 0) is 64.2 Å². The van der Waals surface area contributed by atoms with E-state index in [0.717, 1.165) is 73.1 Å². The van der Waals surface area contributed by atoms with Crippen LogP contribution in [0.25, 0.3) is 49.7 Å². The number of nitrogens with zero attached hydrogens (tertiary/aromatic N) is 2. The Balaban J connectivity index is 1.25. The van der Waals surface area contributed by atoms with Crippen molar-refractivity contribution in [1.29, 1.82) is 0 Å². The van der Waals surface area contributed by atoms with E-state index in [-0.39, 0.29) is 5.41 Å². The van der Waals surface area contributed by atoms with Gasteiger partial charge in [-0.3, -0.25) is 4.57 Å². The van der Waals surface area contributed by atoms with E-state index in [1.807, 2.05) is 18.2 Å². The van der Waals surface area contributed by atoms with Gasteiger partial charge in [-0.25, -0.2) is 0 Å². The van der Waals surface area contributed by atoms with E-state index in [0.29, 0.717) is 0 Å². The molecule has 3 heterocycles. The molecule has 3 aliphatic rings. The van der Waals surface area contributed by atoms with Crippen LogP contribution in [0.1, 0.15) is 25.0 Å². The highest BCUT2D eigenvalue weighted by atomic mass is 16.5. The van der Waals surface area contributed by atoms with Crippen LogP contribution in [0.5, 0.6) is 23.0 Å². The summed E-state index contributed by atoms with van der Waals surface area (Å²) in [5, 5.41) is 2.27. The third-order valence-electron chi connectivity index (χ3n) is 10.7. The first kappa shape index (κ1) is 26.8. The maximum atomic E-state index is 6.82. The third-order valence-corrected chi connectivity index (χ3v) is 10.7. The fraction of sp³-hybridized carbons (Fsp3) is 0.0667. The van der Waals surface area contributed by atoms with Gasteiger partial charge in [0.15, 0.2) is 23.0 Å². The molecule has 0 fully saturated rings. The molecular formula is C45H30N2O2. The van der Waals surface area contributed by atoms with Gasteiger partial charge in [0.25, 0.3) is 0 Å². The summed E-state index contributed by atoms with van der Waals surface area (Å²) >= 11 is 0. The summed E-state index contributed by atoms with van der Waals surface area (Å²) in [5.41, 5.74) is 13.8. The Morgan fingerprint density at radius 2 is 1.14 bits per heavy atom. The number of fused-ring (bicyclic) bond motifs is 4. The van der Waals surface area contributed by atoms with E-state index >= 15 is 0 Å². The van der Waals surface area contributed by atoms with Crippen molar-refractivity contribution in [2.75, 3.05) is 4.90 Å². The Morgan fingerprint density at radius 1 is 0.510 bits per heavy atom. The Kier molecular flexibility index (Phi) is 5.15. The number of aromatic nitrogens is 1. The van der Waals surface area contributed by atoms with Crippen LogP contribution in [0.15, 0.2) is 146 Å². The normalized spacial score (nSPS) is 14.0. The monoisotopic (exact) mass is 630 g/mol. The molecule has 7 aromatic carbocycles. The Hall–Kier alpha value is -6.26. The standard InChI is InChI=1S/C45H30N2O2/c1-45(2)34-19-8-6-16-30(34)31-17-10-21-36(41(31)45)46(35-20-9-7-15-29(35)27-13-4-3-5-14-27)28-25-33-32-18-11-22-37-42(32)47-43(33)40(26-28)49-39-24-12-23-38(48-37)44(39)47/h3-26H,1-2H3. The fourth-order valence-electron chi connectivity index (χ4n) is 8.69. The van der Waals surface area contributed by atoms with Crippen molar-refractivity contribution in [2.45, 2.75) is 19.3 Å².